The lowest BCUT2D eigenvalue weighted by atomic mass is 9.94. The summed E-state index contributed by atoms with van der Waals surface area (Å²) in [6.45, 7) is 4.78. The van der Waals surface area contributed by atoms with Gasteiger partial charge in [-0.3, -0.25) is 9.78 Å². The highest BCUT2D eigenvalue weighted by Gasteiger charge is 2.10. The maximum atomic E-state index is 11.9. The second kappa shape index (κ2) is 7.17. The fourth-order valence-corrected chi connectivity index (χ4v) is 1.90. The summed E-state index contributed by atoms with van der Waals surface area (Å²) in [4.78, 5) is 16.1. The first-order valence-electron chi connectivity index (χ1n) is 6.33. The summed E-state index contributed by atoms with van der Waals surface area (Å²) < 4.78 is 0. The normalized spacial score (nSPS) is 12.4. The number of Topliss-reactive ketones (excluding diaryl/α,β-unsaturated/α-hetero) is 1. The van der Waals surface area contributed by atoms with Gasteiger partial charge in [0.15, 0.2) is 5.78 Å². The fourth-order valence-electron chi connectivity index (χ4n) is 1.90. The maximum absolute atomic E-state index is 11.9. The van der Waals surface area contributed by atoms with Gasteiger partial charge in [0.05, 0.1) is 0 Å². The summed E-state index contributed by atoms with van der Waals surface area (Å²) >= 11 is 0. The Hall–Kier alpha value is -1.22. The predicted molar refractivity (Wildman–Crippen MR) is 70.0 cm³/mol. The van der Waals surface area contributed by atoms with Crippen molar-refractivity contribution in [1.29, 1.82) is 0 Å². The van der Waals surface area contributed by atoms with Gasteiger partial charge in [-0.05, 0) is 44.4 Å². The molecule has 0 bridgehead atoms. The van der Waals surface area contributed by atoms with Crippen molar-refractivity contribution in [1.82, 2.24) is 4.98 Å². The Morgan fingerprint density at radius 1 is 1.41 bits per heavy atom. The van der Waals surface area contributed by atoms with Gasteiger partial charge in [-0.15, -0.1) is 0 Å². The van der Waals surface area contributed by atoms with E-state index in [2.05, 4.69) is 11.9 Å². The molecule has 1 rings (SSSR count). The molecule has 3 heteroatoms. The highest BCUT2D eigenvalue weighted by molar-refractivity contribution is 5.95. The molecule has 1 heterocycles. The van der Waals surface area contributed by atoms with Gasteiger partial charge in [0.25, 0.3) is 0 Å². The summed E-state index contributed by atoms with van der Waals surface area (Å²) in [5.74, 6) is 0.760. The van der Waals surface area contributed by atoms with Crippen molar-refractivity contribution in [3.63, 3.8) is 0 Å². The molecule has 0 radical (unpaired) electrons. The quantitative estimate of drug-likeness (QED) is 0.738. The molecule has 94 valence electrons. The molecule has 3 nitrogen and oxygen atoms in total. The summed E-state index contributed by atoms with van der Waals surface area (Å²) in [7, 11) is 0. The summed E-state index contributed by atoms with van der Waals surface area (Å²) in [6.07, 6.45) is 5.30. The maximum Gasteiger partial charge on any atom is 0.164 e. The molecule has 0 fully saturated rings. The lowest BCUT2D eigenvalue weighted by molar-refractivity contribution is 0.0972. The van der Waals surface area contributed by atoms with Gasteiger partial charge in [0.1, 0.15) is 0 Å². The van der Waals surface area contributed by atoms with Crippen LogP contribution in [-0.4, -0.2) is 17.3 Å². The minimum atomic E-state index is 0.188. The van der Waals surface area contributed by atoms with Gasteiger partial charge >= 0.3 is 0 Å². The Bertz CT molecular complexity index is 346. The van der Waals surface area contributed by atoms with Crippen LogP contribution < -0.4 is 5.73 Å². The molecule has 1 aromatic rings. The smallest absolute Gasteiger partial charge is 0.164 e. The molecule has 1 atom stereocenters. The van der Waals surface area contributed by atoms with Gasteiger partial charge in [-0.1, -0.05) is 13.3 Å². The molecule has 0 spiro atoms. The number of carbonyl (C=O) groups excluding carboxylic acids is 1. The number of ketones is 1. The second-order valence-corrected chi connectivity index (χ2v) is 4.50. The third kappa shape index (κ3) is 4.65. The average molecular weight is 234 g/mol. The number of rotatable bonds is 7. The monoisotopic (exact) mass is 234 g/mol. The van der Waals surface area contributed by atoms with Gasteiger partial charge in [-0.25, -0.2) is 0 Å². The molecule has 0 aliphatic carbocycles. The first kappa shape index (κ1) is 13.8. The molecule has 2 N–H and O–H groups in total. The SMILES string of the molecule is CCC(CCN)CCC(=O)c1ccc(C)nc1. The molecule has 0 aliphatic heterocycles. The van der Waals surface area contributed by atoms with Crippen LogP contribution in [0.15, 0.2) is 18.3 Å². The van der Waals surface area contributed by atoms with Crippen LogP contribution in [0, 0.1) is 12.8 Å². The molecular formula is C14H22N2O. The van der Waals surface area contributed by atoms with Crippen molar-refractivity contribution < 1.29 is 4.79 Å². The highest BCUT2D eigenvalue weighted by Crippen LogP contribution is 2.16. The first-order chi connectivity index (χ1) is 8.17. The minimum Gasteiger partial charge on any atom is -0.330 e. The number of hydrogen-bond donors (Lipinski definition) is 1. The number of pyridine rings is 1. The summed E-state index contributed by atoms with van der Waals surface area (Å²) in [6, 6.07) is 3.74. The number of hydrogen-bond acceptors (Lipinski definition) is 3. The highest BCUT2D eigenvalue weighted by atomic mass is 16.1. The second-order valence-electron chi connectivity index (χ2n) is 4.50. The van der Waals surface area contributed by atoms with Gasteiger partial charge in [-0.2, -0.15) is 0 Å². The largest absolute Gasteiger partial charge is 0.330 e. The van der Waals surface area contributed by atoms with Crippen molar-refractivity contribution >= 4 is 5.78 Å². The van der Waals surface area contributed by atoms with Crippen molar-refractivity contribution in [3.05, 3.63) is 29.6 Å². The lowest BCUT2D eigenvalue weighted by Crippen LogP contribution is -2.10. The average Bonchev–Trinajstić information content (AvgIpc) is 2.35. The lowest BCUT2D eigenvalue weighted by Gasteiger charge is -2.12. The Morgan fingerprint density at radius 3 is 2.71 bits per heavy atom. The van der Waals surface area contributed by atoms with E-state index < -0.39 is 0 Å². The van der Waals surface area contributed by atoms with Gasteiger partial charge in [0, 0.05) is 23.9 Å². The van der Waals surface area contributed by atoms with Crippen LogP contribution in [0.5, 0.6) is 0 Å². The molecule has 0 saturated carbocycles. The minimum absolute atomic E-state index is 0.188. The molecule has 0 aromatic carbocycles. The first-order valence-corrected chi connectivity index (χ1v) is 6.33. The number of nitrogens with zero attached hydrogens (tertiary/aromatic N) is 1. The van der Waals surface area contributed by atoms with Gasteiger partial charge < -0.3 is 5.73 Å². The van der Waals surface area contributed by atoms with E-state index in [0.29, 0.717) is 18.9 Å². The zero-order chi connectivity index (χ0) is 12.7. The van der Waals surface area contributed by atoms with Crippen LogP contribution >= 0.6 is 0 Å². The molecule has 1 aromatic heterocycles. The van der Waals surface area contributed by atoms with Crippen LogP contribution in [0.25, 0.3) is 0 Å². The number of carbonyl (C=O) groups is 1. The predicted octanol–water partition coefficient (Wildman–Crippen LogP) is 2.73. The van der Waals surface area contributed by atoms with E-state index >= 15 is 0 Å². The third-order valence-corrected chi connectivity index (χ3v) is 3.17. The molecular weight excluding hydrogens is 212 g/mol. The number of nitrogens with two attached hydrogens (primary N) is 1. The molecule has 0 aliphatic rings. The van der Waals surface area contributed by atoms with Crippen LogP contribution in [0.3, 0.4) is 0 Å². The van der Waals surface area contributed by atoms with Gasteiger partial charge in [0.2, 0.25) is 0 Å². The van der Waals surface area contributed by atoms with E-state index in [-0.39, 0.29) is 5.78 Å². The number of aromatic nitrogens is 1. The Kier molecular flexibility index (Phi) is 5.84. The Labute approximate surface area is 103 Å². The number of aryl methyl sites for hydroxylation is 1. The topological polar surface area (TPSA) is 56.0 Å². The molecule has 1 unspecified atom stereocenters. The van der Waals surface area contributed by atoms with Crippen LogP contribution in [0.2, 0.25) is 0 Å². The van der Waals surface area contributed by atoms with E-state index in [4.69, 9.17) is 5.73 Å². The Balaban J connectivity index is 2.46. The molecule has 17 heavy (non-hydrogen) atoms. The van der Waals surface area contributed by atoms with Crippen molar-refractivity contribution in [2.24, 2.45) is 11.7 Å². The van der Waals surface area contributed by atoms with E-state index in [1.54, 1.807) is 6.20 Å². The van der Waals surface area contributed by atoms with E-state index in [0.717, 1.165) is 30.5 Å². The van der Waals surface area contributed by atoms with Crippen LogP contribution in [-0.2, 0) is 0 Å². The zero-order valence-electron chi connectivity index (χ0n) is 10.8. The van der Waals surface area contributed by atoms with E-state index in [9.17, 15) is 4.79 Å². The van der Waals surface area contributed by atoms with Crippen molar-refractivity contribution in [3.8, 4) is 0 Å². The van der Waals surface area contributed by atoms with E-state index in [1.165, 1.54) is 0 Å². The molecule has 0 amide bonds. The van der Waals surface area contributed by atoms with E-state index in [1.807, 2.05) is 19.1 Å². The van der Waals surface area contributed by atoms with Crippen LogP contribution in [0.4, 0.5) is 0 Å². The fraction of sp³-hybridized carbons (Fsp3) is 0.571. The van der Waals surface area contributed by atoms with Crippen molar-refractivity contribution in [2.75, 3.05) is 6.54 Å². The Morgan fingerprint density at radius 2 is 2.18 bits per heavy atom. The van der Waals surface area contributed by atoms with Crippen LogP contribution in [0.1, 0.15) is 48.7 Å². The summed E-state index contributed by atoms with van der Waals surface area (Å²) in [5.41, 5.74) is 7.21. The molecule has 0 saturated heterocycles. The summed E-state index contributed by atoms with van der Waals surface area (Å²) in [5, 5.41) is 0. The third-order valence-electron chi connectivity index (χ3n) is 3.17. The van der Waals surface area contributed by atoms with Crippen molar-refractivity contribution in [2.45, 2.75) is 39.5 Å². The standard InChI is InChI=1S/C14H22N2O/c1-3-12(8-9-15)5-7-14(17)13-6-4-11(2)16-10-13/h4,6,10,12H,3,5,7-9,15H2,1-2H3. The zero-order valence-corrected chi connectivity index (χ0v) is 10.8.